The second-order valence-electron chi connectivity index (χ2n) is 5.17. The molecule has 9 heteroatoms. The molecule has 1 aromatic rings. The number of rotatable bonds is 6. The van der Waals surface area contributed by atoms with Crippen LogP contribution in [0, 0.1) is 10.1 Å². The molecule has 0 fully saturated rings. The predicted octanol–water partition coefficient (Wildman–Crippen LogP) is 3.33. The minimum atomic E-state index is -4.68. The van der Waals surface area contributed by atoms with Gasteiger partial charge in [-0.05, 0) is 32.4 Å². The Morgan fingerprint density at radius 1 is 1.35 bits per heavy atom. The molecule has 0 saturated carbocycles. The highest BCUT2D eigenvalue weighted by atomic mass is 19.4. The van der Waals surface area contributed by atoms with Gasteiger partial charge in [-0.25, -0.2) is 0 Å². The van der Waals surface area contributed by atoms with Crippen molar-refractivity contribution in [2.75, 3.05) is 5.32 Å². The third-order valence-electron chi connectivity index (χ3n) is 3.29. The van der Waals surface area contributed by atoms with E-state index in [1.54, 1.807) is 6.92 Å². The van der Waals surface area contributed by atoms with Crippen LogP contribution in [0.3, 0.4) is 0 Å². The van der Waals surface area contributed by atoms with E-state index in [0.29, 0.717) is 12.5 Å². The van der Waals surface area contributed by atoms with Gasteiger partial charge < -0.3 is 10.6 Å². The number of amides is 1. The molecule has 2 unspecified atom stereocenters. The van der Waals surface area contributed by atoms with E-state index < -0.39 is 34.3 Å². The molecular weight excluding hydrogens is 315 g/mol. The van der Waals surface area contributed by atoms with Gasteiger partial charge in [0.1, 0.15) is 11.7 Å². The van der Waals surface area contributed by atoms with Gasteiger partial charge in [-0.15, -0.1) is 0 Å². The number of carbonyl (C=O) groups excluding carboxylic acids is 1. The molecule has 2 N–H and O–H groups in total. The molecule has 0 aromatic heterocycles. The zero-order chi connectivity index (χ0) is 17.8. The Hall–Kier alpha value is -2.32. The van der Waals surface area contributed by atoms with Crippen molar-refractivity contribution in [3.8, 4) is 0 Å². The van der Waals surface area contributed by atoms with Crippen LogP contribution in [-0.2, 0) is 11.0 Å². The third kappa shape index (κ3) is 5.11. The molecule has 128 valence electrons. The largest absolute Gasteiger partial charge is 0.416 e. The molecule has 0 saturated heterocycles. The molecule has 0 radical (unpaired) electrons. The quantitative estimate of drug-likeness (QED) is 0.618. The topological polar surface area (TPSA) is 84.3 Å². The Morgan fingerprint density at radius 2 is 1.96 bits per heavy atom. The average Bonchev–Trinajstić information content (AvgIpc) is 2.45. The van der Waals surface area contributed by atoms with Crippen LogP contribution >= 0.6 is 0 Å². The monoisotopic (exact) mass is 333 g/mol. The number of hydrogen-bond acceptors (Lipinski definition) is 4. The van der Waals surface area contributed by atoms with Crippen molar-refractivity contribution in [3.63, 3.8) is 0 Å². The standard InChI is InChI=1S/C14H18F3N3O3/c1-4-8(2)18-13(21)9(3)19-11-6-5-10(14(15,16)17)7-12(11)20(22)23/h5-9,19H,4H2,1-3H3,(H,18,21). The Bertz CT molecular complexity index is 590. The first kappa shape index (κ1) is 18.7. The van der Waals surface area contributed by atoms with Crippen LogP contribution < -0.4 is 10.6 Å². The lowest BCUT2D eigenvalue weighted by Gasteiger charge is -2.18. The maximum Gasteiger partial charge on any atom is 0.416 e. The number of hydrogen-bond donors (Lipinski definition) is 2. The highest BCUT2D eigenvalue weighted by Crippen LogP contribution is 2.35. The number of halogens is 3. The van der Waals surface area contributed by atoms with Crippen molar-refractivity contribution >= 4 is 17.3 Å². The molecule has 0 aliphatic rings. The van der Waals surface area contributed by atoms with Gasteiger partial charge in [-0.3, -0.25) is 14.9 Å². The van der Waals surface area contributed by atoms with E-state index in [0.717, 1.165) is 12.1 Å². The van der Waals surface area contributed by atoms with Crippen molar-refractivity contribution in [1.29, 1.82) is 0 Å². The summed E-state index contributed by atoms with van der Waals surface area (Å²) in [7, 11) is 0. The maximum absolute atomic E-state index is 12.6. The Balaban J connectivity index is 3.00. The summed E-state index contributed by atoms with van der Waals surface area (Å²) >= 11 is 0. The second-order valence-corrected chi connectivity index (χ2v) is 5.17. The number of alkyl halides is 3. The van der Waals surface area contributed by atoms with Crippen molar-refractivity contribution in [2.45, 2.75) is 45.5 Å². The predicted molar refractivity (Wildman–Crippen MR) is 79.1 cm³/mol. The molecule has 0 bridgehead atoms. The van der Waals surface area contributed by atoms with E-state index in [1.165, 1.54) is 6.92 Å². The molecule has 0 heterocycles. The minimum absolute atomic E-state index is 0.0747. The Kier molecular flexibility index (Phi) is 5.94. The van der Waals surface area contributed by atoms with Crippen molar-refractivity contribution in [3.05, 3.63) is 33.9 Å². The number of nitrogens with zero attached hydrogens (tertiary/aromatic N) is 1. The van der Waals surface area contributed by atoms with Crippen LogP contribution in [0.1, 0.15) is 32.8 Å². The number of nitro groups is 1. The first-order valence-corrected chi connectivity index (χ1v) is 6.98. The average molecular weight is 333 g/mol. The van der Waals surface area contributed by atoms with Crippen molar-refractivity contribution in [2.24, 2.45) is 0 Å². The molecule has 1 amide bonds. The number of carbonyl (C=O) groups is 1. The molecule has 2 atom stereocenters. The summed E-state index contributed by atoms with van der Waals surface area (Å²) in [6.07, 6.45) is -3.97. The van der Waals surface area contributed by atoms with Gasteiger partial charge in [0.15, 0.2) is 0 Å². The number of benzene rings is 1. The Morgan fingerprint density at radius 3 is 2.43 bits per heavy atom. The van der Waals surface area contributed by atoms with Crippen LogP contribution in [-0.4, -0.2) is 22.9 Å². The molecule has 6 nitrogen and oxygen atoms in total. The molecule has 0 aliphatic heterocycles. The fraction of sp³-hybridized carbons (Fsp3) is 0.500. The maximum atomic E-state index is 12.6. The number of nitrogens with one attached hydrogen (secondary N) is 2. The van der Waals surface area contributed by atoms with E-state index in [4.69, 9.17) is 0 Å². The summed E-state index contributed by atoms with van der Waals surface area (Å²) in [6.45, 7) is 5.15. The lowest BCUT2D eigenvalue weighted by molar-refractivity contribution is -0.384. The van der Waals surface area contributed by atoms with Gasteiger partial charge in [0, 0.05) is 12.1 Å². The summed E-state index contributed by atoms with van der Waals surface area (Å²) in [5, 5.41) is 16.2. The fourth-order valence-electron chi connectivity index (χ4n) is 1.75. The van der Waals surface area contributed by atoms with E-state index in [-0.39, 0.29) is 11.7 Å². The highest BCUT2D eigenvalue weighted by Gasteiger charge is 2.33. The summed E-state index contributed by atoms with van der Waals surface area (Å²) < 4.78 is 37.9. The van der Waals surface area contributed by atoms with Crippen molar-refractivity contribution < 1.29 is 22.9 Å². The van der Waals surface area contributed by atoms with Crippen LogP contribution in [0.4, 0.5) is 24.5 Å². The Labute approximate surface area is 131 Å². The molecule has 23 heavy (non-hydrogen) atoms. The molecule has 0 spiro atoms. The summed E-state index contributed by atoms with van der Waals surface area (Å²) in [6, 6.07) is 1.22. The smallest absolute Gasteiger partial charge is 0.368 e. The molecule has 1 aromatic carbocycles. The molecule has 1 rings (SSSR count). The van der Waals surface area contributed by atoms with Gasteiger partial charge in [0.2, 0.25) is 5.91 Å². The summed E-state index contributed by atoms with van der Waals surface area (Å²) in [5.41, 5.74) is -2.00. The highest BCUT2D eigenvalue weighted by molar-refractivity contribution is 5.85. The van der Waals surface area contributed by atoms with Crippen LogP contribution in [0.25, 0.3) is 0 Å². The van der Waals surface area contributed by atoms with Gasteiger partial charge in [-0.1, -0.05) is 6.92 Å². The lowest BCUT2D eigenvalue weighted by atomic mass is 10.1. The van der Waals surface area contributed by atoms with Gasteiger partial charge in [0.05, 0.1) is 10.5 Å². The SMILES string of the molecule is CCC(C)NC(=O)C(C)Nc1ccc(C(F)(F)F)cc1[N+](=O)[O-]. The van der Waals surface area contributed by atoms with Gasteiger partial charge in [0.25, 0.3) is 5.69 Å². The van der Waals surface area contributed by atoms with Crippen LogP contribution in [0.5, 0.6) is 0 Å². The van der Waals surface area contributed by atoms with E-state index >= 15 is 0 Å². The fourth-order valence-corrected chi connectivity index (χ4v) is 1.75. The van der Waals surface area contributed by atoms with Gasteiger partial charge >= 0.3 is 6.18 Å². The normalized spacial score (nSPS) is 14.0. The lowest BCUT2D eigenvalue weighted by Crippen LogP contribution is -2.41. The molecular formula is C14H18F3N3O3. The number of nitro benzene ring substituents is 1. The zero-order valence-electron chi connectivity index (χ0n) is 12.9. The minimum Gasteiger partial charge on any atom is -0.368 e. The van der Waals surface area contributed by atoms with Crippen LogP contribution in [0.2, 0.25) is 0 Å². The van der Waals surface area contributed by atoms with Crippen LogP contribution in [0.15, 0.2) is 18.2 Å². The number of anilines is 1. The molecule has 0 aliphatic carbocycles. The third-order valence-corrected chi connectivity index (χ3v) is 3.29. The van der Waals surface area contributed by atoms with Crippen molar-refractivity contribution in [1.82, 2.24) is 5.32 Å². The van der Waals surface area contributed by atoms with E-state index in [9.17, 15) is 28.1 Å². The first-order chi connectivity index (χ1) is 10.6. The zero-order valence-corrected chi connectivity index (χ0v) is 12.9. The van der Waals surface area contributed by atoms with E-state index in [1.807, 2.05) is 6.92 Å². The first-order valence-electron chi connectivity index (χ1n) is 6.98. The van der Waals surface area contributed by atoms with Gasteiger partial charge in [-0.2, -0.15) is 13.2 Å². The summed E-state index contributed by atoms with van der Waals surface area (Å²) in [4.78, 5) is 22.0. The van der Waals surface area contributed by atoms with E-state index in [2.05, 4.69) is 10.6 Å². The second kappa shape index (κ2) is 7.30. The summed E-state index contributed by atoms with van der Waals surface area (Å²) in [5.74, 6) is -0.395.